The molecule has 1 aliphatic heterocycles. The summed E-state index contributed by atoms with van der Waals surface area (Å²) in [5.41, 5.74) is 1.85. The van der Waals surface area contributed by atoms with E-state index in [9.17, 15) is 33.6 Å². The number of anilines is 1. The molecule has 73 heavy (non-hydrogen) atoms. The summed E-state index contributed by atoms with van der Waals surface area (Å²) in [6.07, 6.45) is 9.87. The Bertz CT molecular complexity index is 1900. The van der Waals surface area contributed by atoms with Crippen molar-refractivity contribution in [1.82, 2.24) is 36.4 Å². The Morgan fingerprint density at radius 3 is 2.01 bits per heavy atom. The Morgan fingerprint density at radius 2 is 1.48 bits per heavy atom. The van der Waals surface area contributed by atoms with Crippen LogP contribution in [0.4, 0.5) is 5.69 Å². The van der Waals surface area contributed by atoms with Gasteiger partial charge in [-0.1, -0.05) is 116 Å². The number of amides is 6. The van der Waals surface area contributed by atoms with E-state index in [-0.39, 0.29) is 91.2 Å². The van der Waals surface area contributed by atoms with Crippen LogP contribution >= 0.6 is 15.9 Å². The summed E-state index contributed by atoms with van der Waals surface area (Å²) < 4.78 is 11.3. The van der Waals surface area contributed by atoms with Gasteiger partial charge < -0.3 is 51.2 Å². The monoisotopic (exact) mass is 1090 g/mol. The summed E-state index contributed by atoms with van der Waals surface area (Å²) in [5.74, 6) is -0.801. The molecule has 0 bridgehead atoms. The highest BCUT2D eigenvalue weighted by molar-refractivity contribution is 9.09. The number of Topliss-reactive ketones (excluding diaryl/α,β-unsaturated/α-hetero) is 1. The molecular weight excluding hydrogens is 999 g/mol. The fraction of sp³-hybridized carbons (Fsp3) is 0.704. The number of halogens is 1. The normalized spacial score (nSPS) is 16.5. The molecule has 2 rings (SSSR count). The summed E-state index contributed by atoms with van der Waals surface area (Å²) in [5, 5.41) is 17.0. The summed E-state index contributed by atoms with van der Waals surface area (Å²) in [4.78, 5) is 94.0. The van der Waals surface area contributed by atoms with Gasteiger partial charge in [0.15, 0.2) is 0 Å². The number of ether oxygens (including phenoxy) is 2. The summed E-state index contributed by atoms with van der Waals surface area (Å²) in [7, 11) is 8.43. The van der Waals surface area contributed by atoms with Crippen LogP contribution in [0.15, 0.2) is 41.0 Å². The second-order valence-corrected chi connectivity index (χ2v) is 19.9. The quantitative estimate of drug-likeness (QED) is 0.0488. The first-order valence-electron chi connectivity index (χ1n) is 26.0. The first kappa shape index (κ1) is 68.3. The van der Waals surface area contributed by atoms with E-state index in [1.54, 1.807) is 57.3 Å². The van der Waals surface area contributed by atoms with Crippen molar-refractivity contribution < 1.29 is 43.0 Å². The van der Waals surface area contributed by atoms with Crippen LogP contribution in [-0.2, 0) is 49.5 Å². The number of methoxy groups -OCH3 is 2. The smallest absolute Gasteiger partial charge is 0.254 e. The van der Waals surface area contributed by atoms with Gasteiger partial charge in [0, 0.05) is 64.7 Å². The molecule has 18 nitrogen and oxygen atoms in total. The van der Waals surface area contributed by atoms with E-state index in [1.165, 1.54) is 39.3 Å². The number of carbonyl (C=O) groups excluding carboxylic acids is 7. The molecule has 0 radical (unpaired) electrons. The second-order valence-electron chi connectivity index (χ2n) is 19.3. The topological polar surface area (TPSA) is 229 Å². The molecule has 6 amide bonds. The summed E-state index contributed by atoms with van der Waals surface area (Å²) in [6.45, 7) is 21.9. The maximum absolute atomic E-state index is 13.3. The third-order valence-corrected chi connectivity index (χ3v) is 13.6. The van der Waals surface area contributed by atoms with Gasteiger partial charge in [0.2, 0.25) is 29.5 Å². The fourth-order valence-electron chi connectivity index (χ4n) is 7.91. The maximum atomic E-state index is 13.3. The molecule has 0 saturated heterocycles. The van der Waals surface area contributed by atoms with Gasteiger partial charge in [-0.15, -0.1) is 0 Å². The number of nitrogens with one attached hydrogen (secondary N) is 6. The third-order valence-electron chi connectivity index (χ3n) is 13.0. The van der Waals surface area contributed by atoms with E-state index >= 15 is 0 Å². The Labute approximate surface area is 446 Å². The van der Waals surface area contributed by atoms with Crippen molar-refractivity contribution in [1.29, 1.82) is 0 Å². The molecule has 10 atom stereocenters. The highest BCUT2D eigenvalue weighted by Crippen LogP contribution is 2.25. The van der Waals surface area contributed by atoms with E-state index < -0.39 is 23.8 Å². The van der Waals surface area contributed by atoms with E-state index in [2.05, 4.69) is 87.4 Å². The van der Waals surface area contributed by atoms with Crippen molar-refractivity contribution in [2.75, 3.05) is 65.6 Å². The molecule has 10 unspecified atom stereocenters. The lowest BCUT2D eigenvalue weighted by atomic mass is 9.87. The van der Waals surface area contributed by atoms with Crippen molar-refractivity contribution in [3.05, 3.63) is 41.6 Å². The largest absolute Gasteiger partial charge is 0.380 e. The number of carbonyl (C=O) groups is 7. The number of nitrogens with zero attached hydrogens (tertiary/aromatic N) is 3. The number of rotatable bonds is 30. The van der Waals surface area contributed by atoms with Crippen molar-refractivity contribution >= 4 is 69.1 Å². The van der Waals surface area contributed by atoms with Crippen molar-refractivity contribution in [2.45, 2.75) is 164 Å². The predicted molar refractivity (Wildman–Crippen MR) is 296 cm³/mol. The molecule has 1 aromatic rings. The molecule has 0 fully saturated rings. The number of alkyl halides is 1. The van der Waals surface area contributed by atoms with E-state index in [0.29, 0.717) is 35.5 Å². The van der Waals surface area contributed by atoms with Crippen LogP contribution in [0.5, 0.6) is 0 Å². The third kappa shape index (κ3) is 26.4. The van der Waals surface area contributed by atoms with Gasteiger partial charge in [-0.2, -0.15) is 0 Å². The van der Waals surface area contributed by atoms with Crippen LogP contribution in [-0.4, -0.2) is 154 Å². The van der Waals surface area contributed by atoms with E-state index in [4.69, 9.17) is 9.47 Å². The van der Waals surface area contributed by atoms with Crippen molar-refractivity contribution in [3.63, 3.8) is 0 Å². The molecule has 1 aromatic carbocycles. The van der Waals surface area contributed by atoms with Crippen LogP contribution in [0.2, 0.25) is 0 Å². The van der Waals surface area contributed by atoms with Gasteiger partial charge in [0.1, 0.15) is 18.0 Å². The molecule has 6 N–H and O–H groups in total. The van der Waals surface area contributed by atoms with Crippen LogP contribution in [0, 0.1) is 23.7 Å². The zero-order chi connectivity index (χ0) is 55.8. The molecule has 0 aliphatic carbocycles. The van der Waals surface area contributed by atoms with Crippen LogP contribution < -0.4 is 31.9 Å². The first-order valence-corrected chi connectivity index (χ1v) is 27.2. The Kier molecular flexibility index (Phi) is 35.5. The van der Waals surface area contributed by atoms with Crippen molar-refractivity contribution in [2.24, 2.45) is 28.7 Å². The standard InChI is InChI=1S/C34H53BrN6O5.C17H33N3O4.C3H8/c1-8-22(2)11-9-12-23(3)31(46-7)24(4)34(45)41(6)16-15-26-13-10-14-28(17-26)40-30(42)21-38-32(43)25(5)39-33(44)27-19-36-29(18-35)37-20-27;1-8-11(2)16(14(24-7)9-12(3)21)20(6)15(22)10-19-17(23)13(4)18-5;1-3-2/h10,13-14,17,19-20,22-25,29,31,36H,8-9,11-12,15-16,18,21H2,1-7H3,(H,38,43)(H,39,44)(H,40,42);11,13-14,16,18H,8-10H2,1-7H3,(H,19,23);3H2,1-2H3. The van der Waals surface area contributed by atoms with Gasteiger partial charge in [0.05, 0.1) is 48.9 Å². The van der Waals surface area contributed by atoms with Gasteiger partial charge in [0.25, 0.3) is 5.91 Å². The van der Waals surface area contributed by atoms with Crippen LogP contribution in [0.1, 0.15) is 127 Å². The number of aliphatic imine (C=N–C) groups is 1. The average molecular weight is 1090 g/mol. The highest BCUT2D eigenvalue weighted by Gasteiger charge is 2.34. The zero-order valence-electron chi connectivity index (χ0n) is 47.1. The van der Waals surface area contributed by atoms with Gasteiger partial charge in [-0.3, -0.25) is 38.6 Å². The molecule has 416 valence electrons. The lowest BCUT2D eigenvalue weighted by molar-refractivity contribution is -0.139. The fourth-order valence-corrected chi connectivity index (χ4v) is 8.26. The number of hydrogen-bond acceptors (Lipinski definition) is 12. The highest BCUT2D eigenvalue weighted by atomic mass is 79.9. The minimum Gasteiger partial charge on any atom is -0.380 e. The molecule has 19 heteroatoms. The average Bonchev–Trinajstić information content (AvgIpc) is 3.38. The van der Waals surface area contributed by atoms with Crippen LogP contribution in [0.25, 0.3) is 0 Å². The molecule has 0 aromatic heterocycles. The zero-order valence-corrected chi connectivity index (χ0v) is 48.7. The summed E-state index contributed by atoms with van der Waals surface area (Å²) in [6, 6.07) is 5.96. The van der Waals surface area contributed by atoms with Crippen LogP contribution in [0.3, 0.4) is 0 Å². The van der Waals surface area contributed by atoms with Gasteiger partial charge in [-0.05, 0) is 76.1 Å². The first-order chi connectivity index (χ1) is 34.5. The Balaban J connectivity index is 0.00000161. The molecule has 1 heterocycles. The predicted octanol–water partition coefficient (Wildman–Crippen LogP) is 6.02. The molecule has 0 saturated carbocycles. The second kappa shape index (κ2) is 37.9. The summed E-state index contributed by atoms with van der Waals surface area (Å²) >= 11 is 3.31. The molecule has 1 aliphatic rings. The van der Waals surface area contributed by atoms with E-state index in [1.807, 2.05) is 46.0 Å². The Morgan fingerprint density at radius 1 is 0.849 bits per heavy atom. The van der Waals surface area contributed by atoms with Crippen molar-refractivity contribution in [3.8, 4) is 0 Å². The van der Waals surface area contributed by atoms with Gasteiger partial charge >= 0.3 is 0 Å². The molecule has 0 spiro atoms. The molecular formula is C54H94BrN9O9. The Hall–Kier alpha value is -4.72. The number of likely N-dealkylation sites (N-methyl/N-ethyl adjacent to an activating group) is 3. The minimum atomic E-state index is -0.855. The minimum absolute atomic E-state index is 0.0205. The maximum Gasteiger partial charge on any atom is 0.254 e. The number of benzene rings is 1. The number of ketones is 1. The number of hydrogen-bond donors (Lipinski definition) is 6. The lowest BCUT2D eigenvalue weighted by Gasteiger charge is -2.37. The van der Waals surface area contributed by atoms with E-state index in [0.717, 1.165) is 24.8 Å². The SMILES string of the molecule is CCC.CCC(C)C(C(CC(C)=O)OC)N(C)C(=O)CNC(=O)C(C)NC.CCC(C)CCCC(C)C(OC)C(C)C(=O)N(C)CCc1cccc(NC(=O)CNC(=O)C(C)NC(=O)C2=CNC(CBr)N=C2)c1. The lowest BCUT2D eigenvalue weighted by Crippen LogP contribution is -2.53. The van der Waals surface area contributed by atoms with Gasteiger partial charge in [-0.25, -0.2) is 0 Å².